The highest BCUT2D eigenvalue weighted by Gasteiger charge is 2.40. The fourth-order valence-electron chi connectivity index (χ4n) is 1.32. The van der Waals surface area contributed by atoms with Gasteiger partial charge in [-0.1, -0.05) is 0 Å². The quantitative estimate of drug-likeness (QED) is 0.643. The molecule has 2 nitrogen and oxygen atoms in total. The first-order valence-electron chi connectivity index (χ1n) is 3.90. The van der Waals surface area contributed by atoms with Crippen molar-refractivity contribution in [1.29, 1.82) is 0 Å². The second-order valence-corrected chi connectivity index (χ2v) is 3.28. The zero-order valence-corrected chi connectivity index (χ0v) is 6.72. The third-order valence-corrected chi connectivity index (χ3v) is 2.21. The molecule has 1 aliphatic rings. The van der Waals surface area contributed by atoms with Crippen molar-refractivity contribution in [3.63, 3.8) is 0 Å². The molecule has 0 saturated carbocycles. The van der Waals surface area contributed by atoms with Crippen molar-refractivity contribution in [3.8, 4) is 0 Å². The second kappa shape index (κ2) is 2.54. The minimum Gasteiger partial charge on any atom is -0.367 e. The predicted octanol–water partition coefficient (Wildman–Crippen LogP) is 0.293. The summed E-state index contributed by atoms with van der Waals surface area (Å²) in [5.41, 5.74) is 4.95. The summed E-state index contributed by atoms with van der Waals surface area (Å²) in [7, 11) is 0. The highest BCUT2D eigenvalue weighted by Crippen LogP contribution is 2.24. The first-order chi connectivity index (χ1) is 5.71. The van der Waals surface area contributed by atoms with Crippen molar-refractivity contribution in [2.45, 2.75) is 5.54 Å². The molecule has 0 spiro atoms. The molecular formula is C9H11FNO+. The number of quaternary nitrogens is 1. The Hall–Kier alpha value is -0.930. The van der Waals surface area contributed by atoms with Crippen molar-refractivity contribution < 1.29 is 14.9 Å². The minimum atomic E-state index is -0.206. The average molecular weight is 168 g/mol. The SMILES string of the molecule is [NH3+]C1(c2ccc(F)cc2)COC1. The van der Waals surface area contributed by atoms with Crippen LogP contribution in [0, 0.1) is 5.82 Å². The number of ether oxygens (including phenoxy) is 1. The van der Waals surface area contributed by atoms with E-state index >= 15 is 0 Å². The smallest absolute Gasteiger partial charge is 0.167 e. The van der Waals surface area contributed by atoms with Gasteiger partial charge in [0.25, 0.3) is 0 Å². The molecule has 1 aromatic carbocycles. The van der Waals surface area contributed by atoms with Gasteiger partial charge in [0.05, 0.1) is 0 Å². The van der Waals surface area contributed by atoms with Crippen molar-refractivity contribution in [2.75, 3.05) is 13.2 Å². The first kappa shape index (κ1) is 7.71. The lowest BCUT2D eigenvalue weighted by atomic mass is 9.89. The van der Waals surface area contributed by atoms with E-state index in [1.807, 2.05) is 0 Å². The molecule has 1 aliphatic heterocycles. The maximum Gasteiger partial charge on any atom is 0.167 e. The summed E-state index contributed by atoms with van der Waals surface area (Å²) in [6, 6.07) is 6.46. The standard InChI is InChI=1S/C9H10FNO/c10-8-3-1-7(2-4-8)9(11)5-12-6-9/h1-4H,5-6,11H2/p+1. The van der Waals surface area contributed by atoms with Crippen LogP contribution in [0.15, 0.2) is 24.3 Å². The van der Waals surface area contributed by atoms with Gasteiger partial charge in [0, 0.05) is 5.56 Å². The van der Waals surface area contributed by atoms with Gasteiger partial charge in [-0.05, 0) is 24.3 Å². The molecule has 1 fully saturated rings. The van der Waals surface area contributed by atoms with Gasteiger partial charge in [-0.15, -0.1) is 0 Å². The Balaban J connectivity index is 2.28. The Morgan fingerprint density at radius 3 is 2.25 bits per heavy atom. The molecular weight excluding hydrogens is 157 g/mol. The molecule has 0 radical (unpaired) electrons. The van der Waals surface area contributed by atoms with Gasteiger partial charge in [0.15, 0.2) is 5.54 Å². The van der Waals surface area contributed by atoms with Gasteiger partial charge < -0.3 is 10.5 Å². The van der Waals surface area contributed by atoms with E-state index in [1.165, 1.54) is 12.1 Å². The summed E-state index contributed by atoms with van der Waals surface area (Å²) < 4.78 is 17.6. The number of benzene rings is 1. The summed E-state index contributed by atoms with van der Waals surface area (Å²) in [5, 5.41) is 0. The molecule has 0 unspecified atom stereocenters. The number of rotatable bonds is 1. The summed E-state index contributed by atoms with van der Waals surface area (Å²) >= 11 is 0. The molecule has 1 heterocycles. The fraction of sp³-hybridized carbons (Fsp3) is 0.333. The third kappa shape index (κ3) is 1.11. The second-order valence-electron chi connectivity index (χ2n) is 3.28. The van der Waals surface area contributed by atoms with Gasteiger partial charge in [0.2, 0.25) is 0 Å². The summed E-state index contributed by atoms with van der Waals surface area (Å²) in [6.07, 6.45) is 0. The molecule has 64 valence electrons. The predicted molar refractivity (Wildman–Crippen MR) is 41.8 cm³/mol. The molecule has 3 heteroatoms. The lowest BCUT2D eigenvalue weighted by Crippen LogP contribution is -2.79. The molecule has 0 atom stereocenters. The van der Waals surface area contributed by atoms with Crippen LogP contribution in [-0.2, 0) is 10.3 Å². The molecule has 0 aliphatic carbocycles. The monoisotopic (exact) mass is 168 g/mol. The molecule has 12 heavy (non-hydrogen) atoms. The Morgan fingerprint density at radius 2 is 1.83 bits per heavy atom. The van der Waals surface area contributed by atoms with E-state index in [2.05, 4.69) is 5.73 Å². The summed E-state index contributed by atoms with van der Waals surface area (Å²) in [6.45, 7) is 1.28. The van der Waals surface area contributed by atoms with Crippen LogP contribution in [0.25, 0.3) is 0 Å². The Bertz CT molecular complexity index is 279. The van der Waals surface area contributed by atoms with Gasteiger partial charge in [-0.2, -0.15) is 0 Å². The molecule has 0 amide bonds. The molecule has 1 saturated heterocycles. The van der Waals surface area contributed by atoms with E-state index < -0.39 is 0 Å². The van der Waals surface area contributed by atoms with Crippen LogP contribution in [0.5, 0.6) is 0 Å². The lowest BCUT2D eigenvalue weighted by Gasteiger charge is -2.34. The van der Waals surface area contributed by atoms with Crippen LogP contribution in [0.1, 0.15) is 5.56 Å². The van der Waals surface area contributed by atoms with E-state index in [4.69, 9.17) is 4.74 Å². The Labute approximate surface area is 70.1 Å². The maximum absolute atomic E-state index is 12.5. The van der Waals surface area contributed by atoms with Gasteiger partial charge >= 0.3 is 0 Å². The van der Waals surface area contributed by atoms with Crippen LogP contribution in [0.2, 0.25) is 0 Å². The van der Waals surface area contributed by atoms with Crippen molar-refractivity contribution >= 4 is 0 Å². The molecule has 0 aromatic heterocycles. The summed E-state index contributed by atoms with van der Waals surface area (Å²) in [5.74, 6) is -0.206. The first-order valence-corrected chi connectivity index (χ1v) is 3.90. The van der Waals surface area contributed by atoms with Gasteiger partial charge in [0.1, 0.15) is 19.0 Å². The van der Waals surface area contributed by atoms with E-state index in [0.29, 0.717) is 13.2 Å². The van der Waals surface area contributed by atoms with Crippen molar-refractivity contribution in [1.82, 2.24) is 0 Å². The zero-order valence-electron chi connectivity index (χ0n) is 6.72. The van der Waals surface area contributed by atoms with Crippen LogP contribution in [-0.4, -0.2) is 13.2 Å². The molecule has 0 bridgehead atoms. The number of hydrogen-bond acceptors (Lipinski definition) is 1. The van der Waals surface area contributed by atoms with E-state index in [9.17, 15) is 4.39 Å². The average Bonchev–Trinajstić information content (AvgIpc) is 2.02. The van der Waals surface area contributed by atoms with Gasteiger partial charge in [-0.25, -0.2) is 4.39 Å². The van der Waals surface area contributed by atoms with E-state index in [-0.39, 0.29) is 11.4 Å². The zero-order chi connectivity index (χ0) is 8.60. The maximum atomic E-state index is 12.5. The number of hydrogen-bond donors (Lipinski definition) is 1. The highest BCUT2D eigenvalue weighted by molar-refractivity contribution is 5.24. The minimum absolute atomic E-state index is 0.131. The summed E-state index contributed by atoms with van der Waals surface area (Å²) in [4.78, 5) is 0. The topological polar surface area (TPSA) is 36.9 Å². The Morgan fingerprint density at radius 1 is 1.25 bits per heavy atom. The van der Waals surface area contributed by atoms with E-state index in [0.717, 1.165) is 5.56 Å². The normalized spacial score (nSPS) is 20.2. The van der Waals surface area contributed by atoms with Gasteiger partial charge in [-0.3, -0.25) is 0 Å². The molecule has 2 rings (SSSR count). The van der Waals surface area contributed by atoms with Crippen LogP contribution < -0.4 is 5.73 Å². The van der Waals surface area contributed by atoms with Crippen LogP contribution in [0.4, 0.5) is 4.39 Å². The largest absolute Gasteiger partial charge is 0.367 e. The van der Waals surface area contributed by atoms with Crippen LogP contribution in [0.3, 0.4) is 0 Å². The molecule has 3 N–H and O–H groups in total. The molecule has 1 aromatic rings. The highest BCUT2D eigenvalue weighted by atomic mass is 19.1. The fourth-order valence-corrected chi connectivity index (χ4v) is 1.32. The van der Waals surface area contributed by atoms with Crippen molar-refractivity contribution in [3.05, 3.63) is 35.6 Å². The van der Waals surface area contributed by atoms with Crippen molar-refractivity contribution in [2.24, 2.45) is 0 Å². The third-order valence-electron chi connectivity index (χ3n) is 2.21. The number of halogens is 1. The lowest BCUT2D eigenvalue weighted by molar-refractivity contribution is -0.535. The van der Waals surface area contributed by atoms with Crippen LogP contribution >= 0.6 is 0 Å². The van der Waals surface area contributed by atoms with E-state index in [1.54, 1.807) is 12.1 Å². The Kier molecular flexibility index (Phi) is 1.63.